The van der Waals surface area contributed by atoms with Crippen molar-refractivity contribution in [3.63, 3.8) is 0 Å². The highest BCUT2D eigenvalue weighted by Crippen LogP contribution is 2.31. The van der Waals surface area contributed by atoms with E-state index in [0.717, 1.165) is 5.56 Å². The molecule has 4 nitrogen and oxygen atoms in total. The molecule has 0 saturated carbocycles. The van der Waals surface area contributed by atoms with Gasteiger partial charge < -0.3 is 14.8 Å². The van der Waals surface area contributed by atoms with Crippen molar-refractivity contribution in [2.45, 2.75) is 26.2 Å². The number of carbonyl (C=O) groups is 1. The topological polar surface area (TPSA) is 47.6 Å². The first-order valence-electron chi connectivity index (χ1n) is 7.77. The highest BCUT2D eigenvalue weighted by atomic mass is 35.5. The lowest BCUT2D eigenvalue weighted by atomic mass is 9.87. The molecule has 0 aliphatic heterocycles. The Hall–Kier alpha value is -1.91. The molecule has 1 amide bonds. The van der Waals surface area contributed by atoms with E-state index in [1.54, 1.807) is 25.3 Å². The second-order valence-electron chi connectivity index (χ2n) is 6.58. The summed E-state index contributed by atoms with van der Waals surface area (Å²) in [5.74, 6) is 0.679. The van der Waals surface area contributed by atoms with Gasteiger partial charge in [0.05, 0.1) is 17.8 Å². The van der Waals surface area contributed by atoms with Gasteiger partial charge in [0.1, 0.15) is 11.5 Å². The number of methoxy groups -OCH3 is 1. The number of nitrogens with one attached hydrogen (secondary N) is 1. The van der Waals surface area contributed by atoms with Crippen LogP contribution < -0.4 is 14.8 Å². The molecule has 0 bridgehead atoms. The summed E-state index contributed by atoms with van der Waals surface area (Å²) >= 11 is 11.9. The first kappa shape index (κ1) is 19.4. The van der Waals surface area contributed by atoms with Gasteiger partial charge in [0.15, 0.2) is 6.61 Å². The summed E-state index contributed by atoms with van der Waals surface area (Å²) in [6, 6.07) is 10.6. The first-order chi connectivity index (χ1) is 11.7. The number of hydrogen-bond donors (Lipinski definition) is 1. The molecule has 0 aliphatic rings. The van der Waals surface area contributed by atoms with Gasteiger partial charge in [-0.15, -0.1) is 0 Å². The van der Waals surface area contributed by atoms with Gasteiger partial charge >= 0.3 is 0 Å². The summed E-state index contributed by atoms with van der Waals surface area (Å²) in [6.45, 7) is 6.13. The van der Waals surface area contributed by atoms with Crippen LogP contribution in [0.4, 0.5) is 5.69 Å². The van der Waals surface area contributed by atoms with Crippen LogP contribution in [0.2, 0.25) is 10.0 Å². The second-order valence-corrected chi connectivity index (χ2v) is 7.42. The molecule has 134 valence electrons. The summed E-state index contributed by atoms with van der Waals surface area (Å²) < 4.78 is 10.8. The largest absolute Gasteiger partial charge is 0.495 e. The Bertz CT molecular complexity index is 770. The Morgan fingerprint density at radius 3 is 2.36 bits per heavy atom. The first-order valence-corrected chi connectivity index (χ1v) is 8.52. The van der Waals surface area contributed by atoms with Crippen LogP contribution in [0.5, 0.6) is 11.5 Å². The quantitative estimate of drug-likeness (QED) is 0.762. The summed E-state index contributed by atoms with van der Waals surface area (Å²) in [6.07, 6.45) is 0. The smallest absolute Gasteiger partial charge is 0.262 e. The van der Waals surface area contributed by atoms with Crippen molar-refractivity contribution >= 4 is 34.8 Å². The number of rotatable bonds is 5. The van der Waals surface area contributed by atoms with Gasteiger partial charge in [0, 0.05) is 5.02 Å². The number of anilines is 1. The van der Waals surface area contributed by atoms with Crippen molar-refractivity contribution in [3.05, 3.63) is 52.0 Å². The highest BCUT2D eigenvalue weighted by Gasteiger charge is 2.17. The zero-order chi connectivity index (χ0) is 18.6. The van der Waals surface area contributed by atoms with Crippen LogP contribution in [0.15, 0.2) is 36.4 Å². The maximum atomic E-state index is 12.2. The van der Waals surface area contributed by atoms with Crippen LogP contribution in [-0.4, -0.2) is 19.6 Å². The molecular weight excluding hydrogens is 361 g/mol. The molecule has 2 aromatic carbocycles. The highest BCUT2D eigenvalue weighted by molar-refractivity contribution is 6.35. The molecule has 1 N–H and O–H groups in total. The van der Waals surface area contributed by atoms with Gasteiger partial charge in [-0.3, -0.25) is 4.79 Å². The zero-order valence-corrected chi connectivity index (χ0v) is 16.2. The average molecular weight is 382 g/mol. The van der Waals surface area contributed by atoms with E-state index in [9.17, 15) is 4.79 Å². The summed E-state index contributed by atoms with van der Waals surface area (Å²) in [4.78, 5) is 12.2. The predicted octanol–water partition coefficient (Wildman–Crippen LogP) is 5.32. The monoisotopic (exact) mass is 381 g/mol. The van der Waals surface area contributed by atoms with Crippen molar-refractivity contribution in [1.82, 2.24) is 0 Å². The van der Waals surface area contributed by atoms with Crippen LogP contribution in [-0.2, 0) is 10.2 Å². The Balaban J connectivity index is 2.09. The predicted molar refractivity (Wildman–Crippen MR) is 102 cm³/mol. The zero-order valence-electron chi connectivity index (χ0n) is 14.7. The van der Waals surface area contributed by atoms with E-state index >= 15 is 0 Å². The fourth-order valence-electron chi connectivity index (χ4n) is 2.19. The van der Waals surface area contributed by atoms with Crippen molar-refractivity contribution in [2.75, 3.05) is 19.0 Å². The third-order valence-electron chi connectivity index (χ3n) is 3.59. The fourth-order valence-corrected chi connectivity index (χ4v) is 2.66. The van der Waals surface area contributed by atoms with Gasteiger partial charge in [-0.2, -0.15) is 0 Å². The Morgan fingerprint density at radius 2 is 1.76 bits per heavy atom. The van der Waals surface area contributed by atoms with Gasteiger partial charge in [0.25, 0.3) is 5.91 Å². The van der Waals surface area contributed by atoms with E-state index < -0.39 is 0 Å². The molecule has 0 spiro atoms. The number of carbonyl (C=O) groups excluding carboxylic acids is 1. The molecule has 0 fully saturated rings. The summed E-state index contributed by atoms with van der Waals surface area (Å²) in [5.41, 5.74) is 1.65. The fraction of sp³-hybridized carbons (Fsp3) is 0.316. The van der Waals surface area contributed by atoms with Crippen molar-refractivity contribution in [3.8, 4) is 11.5 Å². The third-order valence-corrected chi connectivity index (χ3v) is 4.12. The number of halogens is 2. The van der Waals surface area contributed by atoms with E-state index in [-0.39, 0.29) is 17.9 Å². The Morgan fingerprint density at radius 1 is 1.08 bits per heavy atom. The molecular formula is C19H21Cl2NO3. The van der Waals surface area contributed by atoms with E-state index in [1.807, 2.05) is 18.2 Å². The maximum absolute atomic E-state index is 12.2. The molecule has 0 heterocycles. The Labute approximate surface area is 158 Å². The number of ether oxygens (including phenoxy) is 2. The number of benzene rings is 2. The SMILES string of the molecule is COc1ccc(C(C)(C)C)cc1NC(=O)COc1ccc(Cl)cc1Cl. The van der Waals surface area contributed by atoms with Gasteiger partial charge in [-0.1, -0.05) is 50.0 Å². The molecule has 0 aromatic heterocycles. The number of hydrogen-bond acceptors (Lipinski definition) is 3. The van der Waals surface area contributed by atoms with E-state index in [0.29, 0.717) is 27.2 Å². The molecule has 0 unspecified atom stereocenters. The van der Waals surface area contributed by atoms with Crippen LogP contribution in [0.3, 0.4) is 0 Å². The van der Waals surface area contributed by atoms with Gasteiger partial charge in [-0.05, 0) is 41.3 Å². The van der Waals surface area contributed by atoms with E-state index in [4.69, 9.17) is 32.7 Å². The number of amides is 1. The standard InChI is InChI=1S/C19H21Cl2NO3/c1-19(2,3)12-5-7-17(24-4)15(9-12)22-18(23)11-25-16-8-6-13(20)10-14(16)21/h5-10H,11H2,1-4H3,(H,22,23). The minimum absolute atomic E-state index is 0.0426. The minimum Gasteiger partial charge on any atom is -0.495 e. The molecule has 0 radical (unpaired) electrons. The van der Waals surface area contributed by atoms with Crippen LogP contribution in [0.1, 0.15) is 26.3 Å². The summed E-state index contributed by atoms with van der Waals surface area (Å²) in [5, 5.41) is 3.68. The average Bonchev–Trinajstić information content (AvgIpc) is 2.53. The van der Waals surface area contributed by atoms with Crippen LogP contribution >= 0.6 is 23.2 Å². The maximum Gasteiger partial charge on any atom is 0.262 e. The lowest BCUT2D eigenvalue weighted by Gasteiger charge is -2.21. The third kappa shape index (κ3) is 5.28. The second kappa shape index (κ2) is 7.98. The lowest BCUT2D eigenvalue weighted by Crippen LogP contribution is -2.21. The molecule has 0 aliphatic carbocycles. The molecule has 6 heteroatoms. The van der Waals surface area contributed by atoms with Crippen LogP contribution in [0, 0.1) is 0 Å². The normalized spacial score (nSPS) is 11.1. The summed E-state index contributed by atoms with van der Waals surface area (Å²) in [7, 11) is 1.56. The van der Waals surface area contributed by atoms with Crippen LogP contribution in [0.25, 0.3) is 0 Å². The molecule has 2 rings (SSSR count). The Kier molecular flexibility index (Phi) is 6.20. The van der Waals surface area contributed by atoms with Crippen molar-refractivity contribution < 1.29 is 14.3 Å². The molecule has 0 saturated heterocycles. The van der Waals surface area contributed by atoms with Gasteiger partial charge in [-0.25, -0.2) is 0 Å². The van der Waals surface area contributed by atoms with E-state index in [2.05, 4.69) is 26.1 Å². The van der Waals surface area contributed by atoms with E-state index in [1.165, 1.54) is 0 Å². The lowest BCUT2D eigenvalue weighted by molar-refractivity contribution is -0.118. The van der Waals surface area contributed by atoms with Gasteiger partial charge in [0.2, 0.25) is 0 Å². The van der Waals surface area contributed by atoms with Crippen molar-refractivity contribution in [1.29, 1.82) is 0 Å². The molecule has 0 atom stereocenters. The minimum atomic E-state index is -0.310. The molecule has 2 aromatic rings. The van der Waals surface area contributed by atoms with Crippen molar-refractivity contribution in [2.24, 2.45) is 0 Å². The molecule has 25 heavy (non-hydrogen) atoms.